The highest BCUT2D eigenvalue weighted by atomic mass is 32.1. The maximum Gasteiger partial charge on any atom is 0.157 e. The van der Waals surface area contributed by atoms with Crippen molar-refractivity contribution >= 4 is 32.8 Å². The summed E-state index contributed by atoms with van der Waals surface area (Å²) in [7, 11) is 0. The minimum absolute atomic E-state index is 0.197. The molecule has 3 nitrogen and oxygen atoms in total. The Morgan fingerprint density at radius 3 is 2.95 bits per heavy atom. The Morgan fingerprint density at radius 2 is 2.10 bits per heavy atom. The predicted octanol–water partition coefficient (Wildman–Crippen LogP) is 4.10. The molecule has 21 heavy (non-hydrogen) atoms. The number of thiophene rings is 1. The molecule has 3 rings (SSSR count). The van der Waals surface area contributed by atoms with Crippen molar-refractivity contribution in [3.63, 3.8) is 0 Å². The minimum Gasteiger partial charge on any atom is -0.317 e. The average molecular weight is 321 g/mol. The Labute approximate surface area is 130 Å². The number of nitrogens with zero attached hydrogens (tertiary/aromatic N) is 2. The van der Waals surface area contributed by atoms with Gasteiger partial charge in [-0.2, -0.15) is 0 Å². The van der Waals surface area contributed by atoms with Gasteiger partial charge in [-0.25, -0.2) is 4.39 Å². The van der Waals surface area contributed by atoms with Crippen LogP contribution in [0, 0.1) is 5.82 Å². The quantitative estimate of drug-likeness (QED) is 0.695. The number of benzene rings is 1. The van der Waals surface area contributed by atoms with E-state index in [1.807, 2.05) is 6.07 Å². The third-order valence-electron chi connectivity index (χ3n) is 3.15. The summed E-state index contributed by atoms with van der Waals surface area (Å²) in [5, 5.41) is 14.9. The van der Waals surface area contributed by atoms with Crippen molar-refractivity contribution in [3.05, 3.63) is 35.1 Å². The maximum absolute atomic E-state index is 13.2. The zero-order chi connectivity index (χ0) is 14.7. The fourth-order valence-corrected chi connectivity index (χ4v) is 4.12. The summed E-state index contributed by atoms with van der Waals surface area (Å²) in [4.78, 5) is 1.06. The lowest BCUT2D eigenvalue weighted by Gasteiger charge is -1.97. The molecule has 0 fully saturated rings. The number of aromatic nitrogens is 2. The van der Waals surface area contributed by atoms with Crippen molar-refractivity contribution in [2.75, 3.05) is 13.1 Å². The zero-order valence-electron chi connectivity index (χ0n) is 11.7. The van der Waals surface area contributed by atoms with Crippen LogP contribution in [0.3, 0.4) is 0 Å². The van der Waals surface area contributed by atoms with Crippen LogP contribution in [0.25, 0.3) is 20.0 Å². The lowest BCUT2D eigenvalue weighted by Crippen LogP contribution is -2.14. The van der Waals surface area contributed by atoms with Crippen LogP contribution in [-0.4, -0.2) is 23.3 Å². The third kappa shape index (κ3) is 3.45. The fourth-order valence-electron chi connectivity index (χ4n) is 2.11. The van der Waals surface area contributed by atoms with Gasteiger partial charge in [0.15, 0.2) is 5.01 Å². The van der Waals surface area contributed by atoms with E-state index in [0.29, 0.717) is 0 Å². The van der Waals surface area contributed by atoms with E-state index in [2.05, 4.69) is 28.5 Å². The smallest absolute Gasteiger partial charge is 0.157 e. The molecule has 3 aromatic rings. The molecule has 0 saturated heterocycles. The van der Waals surface area contributed by atoms with Gasteiger partial charge in [-0.1, -0.05) is 24.3 Å². The summed E-state index contributed by atoms with van der Waals surface area (Å²) in [5.74, 6) is -0.197. The second-order valence-corrected chi connectivity index (χ2v) is 6.90. The maximum atomic E-state index is 13.2. The average Bonchev–Trinajstić information content (AvgIpc) is 3.09. The molecule has 1 aromatic carbocycles. The Morgan fingerprint density at radius 1 is 1.19 bits per heavy atom. The molecule has 2 heterocycles. The van der Waals surface area contributed by atoms with Crippen molar-refractivity contribution in [1.82, 2.24) is 15.5 Å². The first-order valence-corrected chi connectivity index (χ1v) is 8.62. The van der Waals surface area contributed by atoms with Crippen molar-refractivity contribution in [1.29, 1.82) is 0 Å². The second-order valence-electron chi connectivity index (χ2n) is 4.75. The second kappa shape index (κ2) is 6.60. The number of nitrogens with one attached hydrogen (secondary N) is 1. The summed E-state index contributed by atoms with van der Waals surface area (Å²) in [5.41, 5.74) is 0. The monoisotopic (exact) mass is 321 g/mol. The van der Waals surface area contributed by atoms with E-state index in [0.717, 1.165) is 50.9 Å². The van der Waals surface area contributed by atoms with Crippen molar-refractivity contribution in [3.8, 4) is 9.88 Å². The first-order valence-electron chi connectivity index (χ1n) is 6.99. The lowest BCUT2D eigenvalue weighted by atomic mass is 10.2. The minimum atomic E-state index is -0.197. The predicted molar refractivity (Wildman–Crippen MR) is 87.6 cm³/mol. The summed E-state index contributed by atoms with van der Waals surface area (Å²) in [6, 6.07) is 6.93. The number of hydrogen-bond acceptors (Lipinski definition) is 5. The van der Waals surface area contributed by atoms with E-state index in [1.54, 1.807) is 28.7 Å². The van der Waals surface area contributed by atoms with Gasteiger partial charge in [0.25, 0.3) is 0 Å². The van der Waals surface area contributed by atoms with E-state index in [-0.39, 0.29) is 5.82 Å². The normalized spacial score (nSPS) is 11.3. The van der Waals surface area contributed by atoms with Crippen LogP contribution in [0.2, 0.25) is 0 Å². The molecule has 0 aliphatic heterocycles. The fraction of sp³-hybridized carbons (Fsp3) is 0.333. The van der Waals surface area contributed by atoms with Gasteiger partial charge in [-0.3, -0.25) is 0 Å². The Kier molecular flexibility index (Phi) is 4.57. The van der Waals surface area contributed by atoms with Gasteiger partial charge in [-0.05, 0) is 43.1 Å². The van der Waals surface area contributed by atoms with Crippen LogP contribution in [0.4, 0.5) is 4.39 Å². The molecular formula is C15H16FN3S2. The van der Waals surface area contributed by atoms with Gasteiger partial charge in [0.1, 0.15) is 10.8 Å². The van der Waals surface area contributed by atoms with E-state index >= 15 is 0 Å². The Hall–Kier alpha value is -1.37. The third-order valence-corrected chi connectivity index (χ3v) is 5.40. The van der Waals surface area contributed by atoms with Crippen LogP contribution < -0.4 is 5.32 Å². The lowest BCUT2D eigenvalue weighted by molar-refractivity contribution is 0.630. The van der Waals surface area contributed by atoms with E-state index in [9.17, 15) is 4.39 Å². The zero-order valence-corrected chi connectivity index (χ0v) is 13.4. The molecule has 0 atom stereocenters. The molecule has 0 saturated carbocycles. The largest absolute Gasteiger partial charge is 0.317 e. The molecule has 0 bridgehead atoms. The first-order chi connectivity index (χ1) is 10.3. The van der Waals surface area contributed by atoms with Crippen LogP contribution >= 0.6 is 22.7 Å². The molecule has 110 valence electrons. The molecule has 0 amide bonds. The number of hydrogen-bond donors (Lipinski definition) is 1. The van der Waals surface area contributed by atoms with E-state index in [1.165, 1.54) is 6.07 Å². The number of fused-ring (bicyclic) bond motifs is 1. The van der Waals surface area contributed by atoms with Gasteiger partial charge in [0.2, 0.25) is 0 Å². The topological polar surface area (TPSA) is 37.8 Å². The molecule has 0 unspecified atom stereocenters. The molecule has 0 radical (unpaired) electrons. The molecule has 2 aromatic heterocycles. The Balaban J connectivity index is 1.75. The number of halogens is 1. The van der Waals surface area contributed by atoms with Gasteiger partial charge < -0.3 is 5.32 Å². The van der Waals surface area contributed by atoms with E-state index in [4.69, 9.17) is 0 Å². The Bertz CT molecular complexity index is 735. The van der Waals surface area contributed by atoms with Crippen molar-refractivity contribution in [2.45, 2.75) is 19.8 Å². The molecule has 1 N–H and O–H groups in total. The van der Waals surface area contributed by atoms with Crippen molar-refractivity contribution in [2.24, 2.45) is 0 Å². The van der Waals surface area contributed by atoms with E-state index < -0.39 is 0 Å². The van der Waals surface area contributed by atoms with Crippen molar-refractivity contribution < 1.29 is 4.39 Å². The molecule has 6 heteroatoms. The first kappa shape index (κ1) is 14.6. The molecular weight excluding hydrogens is 305 g/mol. The number of aryl methyl sites for hydroxylation is 1. The standard InChI is InChI=1S/C15H16FN3S2/c1-2-17-7-3-4-14-18-19-15(21-14)13-8-10-5-6-11(16)9-12(10)20-13/h5-6,8-9,17H,2-4,7H2,1H3. The van der Waals surface area contributed by atoms with Gasteiger partial charge in [0.05, 0.1) is 4.88 Å². The van der Waals surface area contributed by atoms with Gasteiger partial charge in [-0.15, -0.1) is 21.5 Å². The summed E-state index contributed by atoms with van der Waals surface area (Å²) < 4.78 is 14.2. The van der Waals surface area contributed by atoms with Crippen LogP contribution in [0.5, 0.6) is 0 Å². The summed E-state index contributed by atoms with van der Waals surface area (Å²) >= 11 is 3.20. The van der Waals surface area contributed by atoms with Crippen LogP contribution in [-0.2, 0) is 6.42 Å². The van der Waals surface area contributed by atoms with Crippen LogP contribution in [0.1, 0.15) is 18.4 Å². The highest BCUT2D eigenvalue weighted by molar-refractivity contribution is 7.25. The summed E-state index contributed by atoms with van der Waals surface area (Å²) in [6.07, 6.45) is 2.02. The molecule has 0 aliphatic carbocycles. The summed E-state index contributed by atoms with van der Waals surface area (Å²) in [6.45, 7) is 4.11. The van der Waals surface area contributed by atoms with Gasteiger partial charge >= 0.3 is 0 Å². The highest BCUT2D eigenvalue weighted by Gasteiger charge is 2.10. The SMILES string of the molecule is CCNCCCc1nnc(-c2cc3ccc(F)cc3s2)s1. The highest BCUT2D eigenvalue weighted by Crippen LogP contribution is 2.35. The molecule has 0 aliphatic rings. The van der Waals surface area contributed by atoms with Gasteiger partial charge in [0, 0.05) is 11.1 Å². The molecule has 0 spiro atoms. The van der Waals surface area contributed by atoms with Crippen LogP contribution in [0.15, 0.2) is 24.3 Å². The number of rotatable bonds is 6.